The van der Waals surface area contributed by atoms with Gasteiger partial charge < -0.3 is 9.47 Å². The number of hydrogen-bond donors (Lipinski definition) is 0. The monoisotopic (exact) mass is 461 g/mol. The summed E-state index contributed by atoms with van der Waals surface area (Å²) in [7, 11) is 8.18. The van der Waals surface area contributed by atoms with Crippen LogP contribution in [0.5, 0.6) is 0 Å². The first kappa shape index (κ1) is 26.4. The predicted octanol–water partition coefficient (Wildman–Crippen LogP) is 3.85. The molecule has 1 aromatic heterocycles. The van der Waals surface area contributed by atoms with Gasteiger partial charge in [-0.3, -0.25) is 9.59 Å². The van der Waals surface area contributed by atoms with Crippen molar-refractivity contribution in [2.24, 2.45) is 23.7 Å². The van der Waals surface area contributed by atoms with Crippen molar-refractivity contribution >= 4 is 24.9 Å². The topological polar surface area (TPSA) is 55.2 Å². The van der Waals surface area contributed by atoms with Crippen LogP contribution in [0.25, 0.3) is 0 Å². The molecule has 3 atom stereocenters. The second-order valence-corrected chi connectivity index (χ2v) is 10.6. The average molecular weight is 461 g/mol. The summed E-state index contributed by atoms with van der Waals surface area (Å²) in [6, 6.07) is 7.83. The SMILES string of the molecule is [B]c1cccc(Cn2c(CCN(C)CCC)nc3c2C(=O)CC(C(C)C)C(=O)C(C)C(C)C3)c1. The maximum atomic E-state index is 13.8. The Morgan fingerprint density at radius 2 is 1.91 bits per heavy atom. The highest BCUT2D eigenvalue weighted by Gasteiger charge is 2.36. The highest BCUT2D eigenvalue weighted by Crippen LogP contribution is 2.32. The summed E-state index contributed by atoms with van der Waals surface area (Å²) in [5.74, 6) is 1.09. The van der Waals surface area contributed by atoms with E-state index in [1.165, 1.54) is 0 Å². The number of fused-ring (bicyclic) bond motifs is 1. The van der Waals surface area contributed by atoms with Gasteiger partial charge in [-0.25, -0.2) is 4.98 Å². The second kappa shape index (κ2) is 11.5. The summed E-state index contributed by atoms with van der Waals surface area (Å²) in [6.07, 6.45) is 2.76. The van der Waals surface area contributed by atoms with Gasteiger partial charge in [-0.15, -0.1) is 0 Å². The Hall–Kier alpha value is -2.21. The number of benzene rings is 1. The van der Waals surface area contributed by atoms with E-state index in [2.05, 4.69) is 30.4 Å². The summed E-state index contributed by atoms with van der Waals surface area (Å²) in [6.45, 7) is 12.9. The van der Waals surface area contributed by atoms with Crippen LogP contribution in [0, 0.1) is 23.7 Å². The number of rotatable bonds is 8. The van der Waals surface area contributed by atoms with Crippen LogP contribution in [0.4, 0.5) is 0 Å². The summed E-state index contributed by atoms with van der Waals surface area (Å²) in [5, 5.41) is 0. The molecular formula is C28H40BN3O2. The molecule has 34 heavy (non-hydrogen) atoms. The Kier molecular flexibility index (Phi) is 8.92. The molecule has 2 radical (unpaired) electrons. The van der Waals surface area contributed by atoms with E-state index in [1.54, 1.807) is 0 Å². The smallest absolute Gasteiger partial charge is 0.181 e. The first-order chi connectivity index (χ1) is 16.1. The number of likely N-dealkylation sites (N-methyl/N-ethyl adjacent to an activating group) is 1. The fourth-order valence-electron chi connectivity index (χ4n) is 5.09. The molecule has 1 aliphatic carbocycles. The molecule has 1 aliphatic rings. The molecule has 0 N–H and O–H groups in total. The van der Waals surface area contributed by atoms with Crippen LogP contribution >= 0.6 is 0 Å². The number of imidazole rings is 1. The fraction of sp³-hybridized carbons (Fsp3) is 0.607. The van der Waals surface area contributed by atoms with E-state index in [0.717, 1.165) is 43.0 Å². The Morgan fingerprint density at radius 3 is 2.56 bits per heavy atom. The van der Waals surface area contributed by atoms with E-state index in [0.29, 0.717) is 24.1 Å². The van der Waals surface area contributed by atoms with Crippen LogP contribution in [-0.2, 0) is 24.2 Å². The van der Waals surface area contributed by atoms with E-state index in [4.69, 9.17) is 12.8 Å². The minimum Gasteiger partial charge on any atom is -0.321 e. The average Bonchev–Trinajstić information content (AvgIpc) is 3.11. The number of ketones is 2. The number of aromatic nitrogens is 2. The molecule has 0 bridgehead atoms. The number of carbonyl (C=O) groups excluding carboxylic acids is 2. The number of carbonyl (C=O) groups is 2. The fourth-order valence-corrected chi connectivity index (χ4v) is 5.09. The summed E-state index contributed by atoms with van der Waals surface area (Å²) >= 11 is 0. The van der Waals surface area contributed by atoms with Gasteiger partial charge in [-0.05, 0) is 43.8 Å². The van der Waals surface area contributed by atoms with Crippen molar-refractivity contribution in [2.75, 3.05) is 20.1 Å². The molecule has 0 amide bonds. The van der Waals surface area contributed by atoms with E-state index in [1.807, 2.05) is 45.0 Å². The molecule has 3 rings (SSSR count). The van der Waals surface area contributed by atoms with Crippen LogP contribution < -0.4 is 5.46 Å². The number of hydrogen-bond acceptors (Lipinski definition) is 4. The summed E-state index contributed by atoms with van der Waals surface area (Å²) in [5.41, 5.74) is 3.29. The molecule has 0 saturated carbocycles. The third-order valence-corrected chi connectivity index (χ3v) is 7.39. The van der Waals surface area contributed by atoms with Crippen molar-refractivity contribution in [2.45, 2.75) is 66.8 Å². The van der Waals surface area contributed by atoms with Crippen LogP contribution in [-0.4, -0.2) is 54.0 Å². The van der Waals surface area contributed by atoms with Gasteiger partial charge in [0, 0.05) is 37.8 Å². The quantitative estimate of drug-likeness (QED) is 0.561. The van der Waals surface area contributed by atoms with Gasteiger partial charge in [0.15, 0.2) is 5.78 Å². The van der Waals surface area contributed by atoms with Gasteiger partial charge in [0.1, 0.15) is 25.1 Å². The zero-order valence-corrected chi connectivity index (χ0v) is 21.8. The summed E-state index contributed by atoms with van der Waals surface area (Å²) < 4.78 is 2.11. The lowest BCUT2D eigenvalue weighted by Crippen LogP contribution is -2.31. The van der Waals surface area contributed by atoms with Crippen LogP contribution in [0.3, 0.4) is 0 Å². The molecule has 3 unspecified atom stereocenters. The molecule has 6 heteroatoms. The van der Waals surface area contributed by atoms with Crippen molar-refractivity contribution in [1.82, 2.24) is 14.5 Å². The predicted molar refractivity (Wildman–Crippen MR) is 139 cm³/mol. The van der Waals surface area contributed by atoms with Crippen molar-refractivity contribution in [3.8, 4) is 0 Å². The zero-order valence-electron chi connectivity index (χ0n) is 21.8. The van der Waals surface area contributed by atoms with Crippen molar-refractivity contribution < 1.29 is 9.59 Å². The van der Waals surface area contributed by atoms with Crippen molar-refractivity contribution in [1.29, 1.82) is 0 Å². The highest BCUT2D eigenvalue weighted by molar-refractivity contribution is 6.32. The standard InChI is InChI=1S/C28H40BN3O2/c1-7-12-31(6)13-11-26-30-24-14-19(4)20(5)28(34)23(18(2)3)16-25(33)27(24)32(26)17-21-9-8-10-22(29)15-21/h8-10,15,18-20,23H,7,11-14,16-17H2,1-6H3. The van der Waals surface area contributed by atoms with Crippen LogP contribution in [0.1, 0.15) is 75.0 Å². The molecule has 1 aromatic carbocycles. The molecular weight excluding hydrogens is 421 g/mol. The minimum atomic E-state index is -0.259. The third-order valence-electron chi connectivity index (χ3n) is 7.39. The third kappa shape index (κ3) is 6.07. The lowest BCUT2D eigenvalue weighted by Gasteiger charge is -2.24. The van der Waals surface area contributed by atoms with E-state index >= 15 is 0 Å². The maximum Gasteiger partial charge on any atom is 0.181 e. The molecule has 5 nitrogen and oxygen atoms in total. The van der Waals surface area contributed by atoms with Crippen LogP contribution in [0.2, 0.25) is 0 Å². The Balaban J connectivity index is 2.08. The van der Waals surface area contributed by atoms with Crippen LogP contribution in [0.15, 0.2) is 24.3 Å². The maximum absolute atomic E-state index is 13.8. The Morgan fingerprint density at radius 1 is 1.18 bits per heavy atom. The zero-order chi connectivity index (χ0) is 25.0. The summed E-state index contributed by atoms with van der Waals surface area (Å²) in [4.78, 5) is 34.4. The van der Waals surface area contributed by atoms with E-state index in [9.17, 15) is 9.59 Å². The van der Waals surface area contributed by atoms with Crippen molar-refractivity contribution in [3.63, 3.8) is 0 Å². The molecule has 0 aliphatic heterocycles. The first-order valence-corrected chi connectivity index (χ1v) is 12.8. The molecule has 1 heterocycles. The lowest BCUT2D eigenvalue weighted by molar-refractivity contribution is -0.129. The Bertz CT molecular complexity index is 1010. The number of Topliss-reactive ketones (excluding diaryl/α,β-unsaturated/α-hetero) is 2. The van der Waals surface area contributed by atoms with Gasteiger partial charge in [0.05, 0.1) is 5.69 Å². The molecule has 2 aromatic rings. The molecule has 0 fully saturated rings. The molecule has 0 spiro atoms. The van der Waals surface area contributed by atoms with Gasteiger partial charge in [0.25, 0.3) is 0 Å². The normalized spacial score (nSPS) is 21.5. The minimum absolute atomic E-state index is 0.0351. The number of nitrogens with zero attached hydrogens (tertiary/aromatic N) is 3. The Labute approximate surface area is 206 Å². The molecule has 0 saturated heterocycles. The first-order valence-electron chi connectivity index (χ1n) is 12.8. The van der Waals surface area contributed by atoms with Gasteiger partial charge in [0.2, 0.25) is 0 Å². The van der Waals surface area contributed by atoms with Gasteiger partial charge >= 0.3 is 0 Å². The van der Waals surface area contributed by atoms with Gasteiger partial charge in [-0.2, -0.15) is 0 Å². The highest BCUT2D eigenvalue weighted by atomic mass is 16.1. The molecule has 182 valence electrons. The van der Waals surface area contributed by atoms with E-state index < -0.39 is 0 Å². The largest absolute Gasteiger partial charge is 0.321 e. The van der Waals surface area contributed by atoms with Gasteiger partial charge in [-0.1, -0.05) is 64.3 Å². The van der Waals surface area contributed by atoms with Crippen molar-refractivity contribution in [3.05, 3.63) is 47.0 Å². The lowest BCUT2D eigenvalue weighted by atomic mass is 9.78. The van der Waals surface area contributed by atoms with E-state index in [-0.39, 0.29) is 41.7 Å². The second-order valence-electron chi connectivity index (χ2n) is 10.6.